The molecule has 0 aromatic heterocycles. The average molecular weight is 493 g/mol. The fourth-order valence-corrected chi connectivity index (χ4v) is 8.88. The first-order chi connectivity index (χ1) is 16.9. The van der Waals surface area contributed by atoms with Gasteiger partial charge in [-0.3, -0.25) is 0 Å². The fourth-order valence-electron chi connectivity index (χ4n) is 4.26. The Labute approximate surface area is 210 Å². The lowest BCUT2D eigenvalue weighted by atomic mass is 10.2. The minimum Gasteiger partial charge on any atom is -0.497 e. The van der Waals surface area contributed by atoms with E-state index in [4.69, 9.17) is 18.6 Å². The minimum absolute atomic E-state index is 0.107. The van der Waals surface area contributed by atoms with E-state index >= 15 is 0 Å². The SMILES string of the molecule is COc1ccc(COCOC[C@H](C=O)CO[Si](c2ccccc2)(c2ccccc2)C(C)(C)C)cc1. The molecule has 0 fully saturated rings. The normalized spacial score (nSPS) is 12.8. The molecule has 0 aliphatic carbocycles. The molecule has 186 valence electrons. The van der Waals surface area contributed by atoms with Gasteiger partial charge in [0.1, 0.15) is 18.8 Å². The molecule has 0 radical (unpaired) electrons. The largest absolute Gasteiger partial charge is 0.497 e. The highest BCUT2D eigenvalue weighted by Crippen LogP contribution is 2.37. The molecule has 6 heteroatoms. The zero-order chi connectivity index (χ0) is 25.2. The maximum Gasteiger partial charge on any atom is 0.261 e. The molecular formula is C29H36O5Si. The number of benzene rings is 3. The Hall–Kier alpha value is -2.77. The molecular weight excluding hydrogens is 456 g/mol. The summed E-state index contributed by atoms with van der Waals surface area (Å²) in [5, 5.41) is 2.23. The topological polar surface area (TPSA) is 54.0 Å². The summed E-state index contributed by atoms with van der Waals surface area (Å²) in [7, 11) is -1.05. The maximum absolute atomic E-state index is 11.9. The third-order valence-electron chi connectivity index (χ3n) is 6.05. The summed E-state index contributed by atoms with van der Waals surface area (Å²) in [5.41, 5.74) is 1.02. The van der Waals surface area contributed by atoms with Gasteiger partial charge in [-0.1, -0.05) is 93.6 Å². The van der Waals surface area contributed by atoms with E-state index < -0.39 is 8.32 Å². The third-order valence-corrected chi connectivity index (χ3v) is 11.1. The van der Waals surface area contributed by atoms with Crippen LogP contribution in [0.25, 0.3) is 0 Å². The van der Waals surface area contributed by atoms with Gasteiger partial charge in [0, 0.05) is 6.61 Å². The Bertz CT molecular complexity index is 977. The number of rotatable bonds is 13. The predicted molar refractivity (Wildman–Crippen MR) is 142 cm³/mol. The van der Waals surface area contributed by atoms with Crippen LogP contribution in [0.5, 0.6) is 5.75 Å². The van der Waals surface area contributed by atoms with Gasteiger partial charge in [-0.25, -0.2) is 0 Å². The van der Waals surface area contributed by atoms with Crippen LogP contribution in [0.2, 0.25) is 5.04 Å². The van der Waals surface area contributed by atoms with Gasteiger partial charge >= 0.3 is 0 Å². The van der Waals surface area contributed by atoms with Crippen molar-refractivity contribution >= 4 is 25.0 Å². The molecule has 0 heterocycles. The van der Waals surface area contributed by atoms with Crippen molar-refractivity contribution in [1.82, 2.24) is 0 Å². The Morgan fingerprint density at radius 2 is 1.37 bits per heavy atom. The minimum atomic E-state index is -2.69. The van der Waals surface area contributed by atoms with E-state index in [2.05, 4.69) is 69.3 Å². The van der Waals surface area contributed by atoms with E-state index in [1.165, 1.54) is 10.4 Å². The van der Waals surface area contributed by atoms with Crippen molar-refractivity contribution in [1.29, 1.82) is 0 Å². The van der Waals surface area contributed by atoms with E-state index in [0.717, 1.165) is 17.6 Å². The van der Waals surface area contributed by atoms with Crippen molar-refractivity contribution in [2.24, 2.45) is 5.92 Å². The lowest BCUT2D eigenvalue weighted by molar-refractivity contribution is -0.118. The van der Waals surface area contributed by atoms with Crippen molar-refractivity contribution < 1.29 is 23.4 Å². The van der Waals surface area contributed by atoms with E-state index in [0.29, 0.717) is 6.61 Å². The molecule has 35 heavy (non-hydrogen) atoms. The smallest absolute Gasteiger partial charge is 0.261 e. The molecule has 0 unspecified atom stereocenters. The lowest BCUT2D eigenvalue weighted by Crippen LogP contribution is -2.67. The van der Waals surface area contributed by atoms with E-state index in [9.17, 15) is 4.79 Å². The standard InChI is InChI=1S/C29H36O5Si/c1-29(2,3)35(27-11-7-5-8-12-27,28-13-9-6-10-14-28)34-22-25(19-30)21-33-23-32-20-24-15-17-26(31-4)18-16-24/h5-19,25H,20-23H2,1-4H3/t25-/m0/s1. The highest BCUT2D eigenvalue weighted by atomic mass is 28.4. The van der Waals surface area contributed by atoms with Crippen molar-refractivity contribution in [3.63, 3.8) is 0 Å². The van der Waals surface area contributed by atoms with Gasteiger partial charge in [0.15, 0.2) is 0 Å². The zero-order valence-electron chi connectivity index (χ0n) is 21.1. The molecule has 3 aromatic carbocycles. The Kier molecular flexibility index (Phi) is 9.80. The number of aldehydes is 1. The monoisotopic (exact) mass is 492 g/mol. The first-order valence-electron chi connectivity index (χ1n) is 11.9. The summed E-state index contributed by atoms with van der Waals surface area (Å²) in [6.07, 6.45) is 0.918. The number of methoxy groups -OCH3 is 1. The second-order valence-corrected chi connectivity index (χ2v) is 13.9. The predicted octanol–water partition coefficient (Wildman–Crippen LogP) is 4.58. The molecule has 5 nitrogen and oxygen atoms in total. The first-order valence-corrected chi connectivity index (χ1v) is 13.8. The molecule has 0 spiro atoms. The van der Waals surface area contributed by atoms with E-state index in [-0.39, 0.29) is 31.0 Å². The summed E-state index contributed by atoms with van der Waals surface area (Å²) in [6, 6.07) is 28.5. The number of carbonyl (C=O) groups excluding carboxylic acids is 1. The lowest BCUT2D eigenvalue weighted by Gasteiger charge is -2.43. The molecule has 3 rings (SSSR count). The third kappa shape index (κ3) is 6.89. The Balaban J connectivity index is 1.64. The van der Waals surface area contributed by atoms with Gasteiger partial charge in [-0.2, -0.15) is 0 Å². The van der Waals surface area contributed by atoms with Gasteiger partial charge in [-0.15, -0.1) is 0 Å². The van der Waals surface area contributed by atoms with Crippen molar-refractivity contribution in [3.05, 3.63) is 90.5 Å². The summed E-state index contributed by atoms with van der Waals surface area (Å²) in [5.74, 6) is 0.418. The highest BCUT2D eigenvalue weighted by Gasteiger charge is 2.50. The van der Waals surface area contributed by atoms with E-state index in [1.807, 2.05) is 36.4 Å². The first kappa shape index (κ1) is 26.8. The molecule has 0 N–H and O–H groups in total. The number of ether oxygens (including phenoxy) is 3. The summed E-state index contributed by atoms with van der Waals surface area (Å²) in [4.78, 5) is 11.9. The molecule has 0 aliphatic heterocycles. The Morgan fingerprint density at radius 3 is 1.86 bits per heavy atom. The van der Waals surface area contributed by atoms with Crippen molar-refractivity contribution in [2.75, 3.05) is 27.1 Å². The molecule has 0 saturated heterocycles. The molecule has 0 bridgehead atoms. The van der Waals surface area contributed by atoms with Crippen LogP contribution in [-0.4, -0.2) is 41.7 Å². The maximum atomic E-state index is 11.9. The second kappa shape index (κ2) is 12.8. The average Bonchev–Trinajstić information content (AvgIpc) is 2.88. The highest BCUT2D eigenvalue weighted by molar-refractivity contribution is 6.99. The Morgan fingerprint density at radius 1 is 0.800 bits per heavy atom. The number of carbonyl (C=O) groups is 1. The molecule has 0 amide bonds. The van der Waals surface area contributed by atoms with Crippen molar-refractivity contribution in [2.45, 2.75) is 32.4 Å². The van der Waals surface area contributed by atoms with Crippen LogP contribution in [-0.2, 0) is 25.3 Å². The molecule has 0 aliphatic rings. The van der Waals surface area contributed by atoms with Gasteiger partial charge < -0.3 is 23.4 Å². The van der Waals surface area contributed by atoms with Crippen LogP contribution in [0.3, 0.4) is 0 Å². The summed E-state index contributed by atoms with van der Waals surface area (Å²) >= 11 is 0. The van der Waals surface area contributed by atoms with Crippen LogP contribution in [0.1, 0.15) is 26.3 Å². The van der Waals surface area contributed by atoms with Gasteiger partial charge in [0.25, 0.3) is 8.32 Å². The number of hydrogen-bond acceptors (Lipinski definition) is 5. The van der Waals surface area contributed by atoms with Gasteiger partial charge in [0.05, 0.1) is 26.2 Å². The number of hydrogen-bond donors (Lipinski definition) is 0. The summed E-state index contributed by atoms with van der Waals surface area (Å²) in [6.45, 7) is 7.72. The molecule has 1 atom stereocenters. The quantitative estimate of drug-likeness (QED) is 0.151. The van der Waals surface area contributed by atoms with Crippen LogP contribution < -0.4 is 15.1 Å². The van der Waals surface area contributed by atoms with Crippen LogP contribution >= 0.6 is 0 Å². The zero-order valence-corrected chi connectivity index (χ0v) is 22.1. The van der Waals surface area contributed by atoms with Gasteiger partial charge in [-0.05, 0) is 33.1 Å². The van der Waals surface area contributed by atoms with Crippen LogP contribution in [0.15, 0.2) is 84.9 Å². The van der Waals surface area contributed by atoms with E-state index in [1.54, 1.807) is 7.11 Å². The van der Waals surface area contributed by atoms with Crippen LogP contribution in [0, 0.1) is 5.92 Å². The molecule has 3 aromatic rings. The van der Waals surface area contributed by atoms with Gasteiger partial charge in [0.2, 0.25) is 0 Å². The fraction of sp³-hybridized carbons (Fsp3) is 0.345. The second-order valence-electron chi connectivity index (χ2n) is 9.56. The van der Waals surface area contributed by atoms with Crippen molar-refractivity contribution in [3.8, 4) is 5.75 Å². The van der Waals surface area contributed by atoms with Crippen LogP contribution in [0.4, 0.5) is 0 Å². The molecule has 0 saturated carbocycles. The summed E-state index contributed by atoms with van der Waals surface area (Å²) < 4.78 is 23.3.